The molecule has 6 heteroatoms. The van der Waals surface area contributed by atoms with E-state index in [1.807, 2.05) is 11.8 Å². The third-order valence-electron chi connectivity index (χ3n) is 5.29. The number of likely N-dealkylation sites (tertiary alicyclic amines) is 1. The number of nitrogens with one attached hydrogen (secondary N) is 1. The van der Waals surface area contributed by atoms with E-state index in [9.17, 15) is 9.59 Å². The Bertz CT molecular complexity index is 424. The Morgan fingerprint density at radius 2 is 1.65 bits per heavy atom. The van der Waals surface area contributed by atoms with Gasteiger partial charge in [-0.1, -0.05) is 0 Å². The molecular formula is C17H30N4O2. The molecule has 130 valence electrons. The van der Waals surface area contributed by atoms with Gasteiger partial charge in [-0.3, -0.25) is 19.4 Å². The van der Waals surface area contributed by atoms with Gasteiger partial charge in [0, 0.05) is 45.3 Å². The number of rotatable bonds is 5. The summed E-state index contributed by atoms with van der Waals surface area (Å²) < 4.78 is 0. The molecule has 2 amide bonds. The predicted octanol–water partition coefficient (Wildman–Crippen LogP) is 0.284. The van der Waals surface area contributed by atoms with Gasteiger partial charge in [-0.05, 0) is 39.0 Å². The second-order valence-electron chi connectivity index (χ2n) is 7.22. The van der Waals surface area contributed by atoms with Crippen LogP contribution in [0.15, 0.2) is 0 Å². The van der Waals surface area contributed by atoms with E-state index in [1.165, 1.54) is 6.42 Å². The highest BCUT2D eigenvalue weighted by Crippen LogP contribution is 2.18. The first-order chi connectivity index (χ1) is 11.1. The molecular weight excluding hydrogens is 292 g/mol. The Morgan fingerprint density at radius 3 is 2.26 bits per heavy atom. The lowest BCUT2D eigenvalue weighted by atomic mass is 10.1. The molecule has 1 saturated carbocycles. The fraction of sp³-hybridized carbons (Fsp3) is 0.882. The zero-order valence-electron chi connectivity index (χ0n) is 14.3. The van der Waals surface area contributed by atoms with E-state index in [0.29, 0.717) is 12.6 Å². The first kappa shape index (κ1) is 16.7. The third kappa shape index (κ3) is 4.67. The number of hydrogen-bond acceptors (Lipinski definition) is 4. The van der Waals surface area contributed by atoms with E-state index in [1.54, 1.807) is 0 Å². The van der Waals surface area contributed by atoms with Crippen LogP contribution < -0.4 is 5.32 Å². The number of amides is 2. The molecule has 0 bridgehead atoms. The minimum absolute atomic E-state index is 0.0319. The number of piperidine rings is 1. The van der Waals surface area contributed by atoms with E-state index < -0.39 is 0 Å². The van der Waals surface area contributed by atoms with Crippen LogP contribution in [-0.4, -0.2) is 84.4 Å². The van der Waals surface area contributed by atoms with Crippen molar-refractivity contribution < 1.29 is 9.59 Å². The maximum atomic E-state index is 12.6. The van der Waals surface area contributed by atoms with E-state index >= 15 is 0 Å². The quantitative estimate of drug-likeness (QED) is 0.790. The van der Waals surface area contributed by atoms with Crippen molar-refractivity contribution in [1.29, 1.82) is 0 Å². The average molecular weight is 322 g/mol. The molecule has 2 aliphatic heterocycles. The van der Waals surface area contributed by atoms with Crippen molar-refractivity contribution in [2.45, 2.75) is 51.1 Å². The number of piperazine rings is 1. The average Bonchev–Trinajstić information content (AvgIpc) is 3.39. The van der Waals surface area contributed by atoms with Gasteiger partial charge >= 0.3 is 0 Å². The molecule has 0 spiro atoms. The maximum Gasteiger partial charge on any atom is 0.239 e. The summed E-state index contributed by atoms with van der Waals surface area (Å²) in [5.41, 5.74) is 0. The van der Waals surface area contributed by atoms with Gasteiger partial charge in [0.1, 0.15) is 0 Å². The van der Waals surface area contributed by atoms with Gasteiger partial charge in [-0.2, -0.15) is 0 Å². The van der Waals surface area contributed by atoms with Crippen LogP contribution in [0.2, 0.25) is 0 Å². The first-order valence-electron chi connectivity index (χ1n) is 9.18. The molecule has 3 rings (SSSR count). The highest BCUT2D eigenvalue weighted by Gasteiger charge is 2.30. The van der Waals surface area contributed by atoms with Crippen molar-refractivity contribution in [3.05, 3.63) is 0 Å². The van der Waals surface area contributed by atoms with Crippen LogP contribution in [-0.2, 0) is 9.59 Å². The second kappa shape index (κ2) is 7.62. The van der Waals surface area contributed by atoms with Crippen LogP contribution in [0.4, 0.5) is 0 Å². The number of carbonyl (C=O) groups is 2. The number of nitrogens with zero attached hydrogens (tertiary/aromatic N) is 3. The summed E-state index contributed by atoms with van der Waals surface area (Å²) in [6.07, 6.45) is 5.80. The van der Waals surface area contributed by atoms with Gasteiger partial charge in [-0.15, -0.1) is 0 Å². The summed E-state index contributed by atoms with van der Waals surface area (Å²) in [5, 5.41) is 3.04. The van der Waals surface area contributed by atoms with Crippen molar-refractivity contribution in [1.82, 2.24) is 20.0 Å². The Hall–Kier alpha value is -1.14. The third-order valence-corrected chi connectivity index (χ3v) is 5.29. The zero-order valence-corrected chi connectivity index (χ0v) is 14.3. The van der Waals surface area contributed by atoms with Crippen molar-refractivity contribution >= 4 is 11.8 Å². The van der Waals surface area contributed by atoms with Crippen molar-refractivity contribution in [3.8, 4) is 0 Å². The van der Waals surface area contributed by atoms with Gasteiger partial charge < -0.3 is 10.2 Å². The Labute approximate surface area is 139 Å². The Kier molecular flexibility index (Phi) is 5.54. The zero-order chi connectivity index (χ0) is 16.2. The topological polar surface area (TPSA) is 55.9 Å². The molecule has 0 aromatic heterocycles. The van der Waals surface area contributed by atoms with E-state index in [2.05, 4.69) is 15.1 Å². The smallest absolute Gasteiger partial charge is 0.239 e. The highest BCUT2D eigenvalue weighted by molar-refractivity contribution is 5.81. The summed E-state index contributed by atoms with van der Waals surface area (Å²) in [6.45, 7) is 7.86. The molecule has 6 nitrogen and oxygen atoms in total. The molecule has 23 heavy (non-hydrogen) atoms. The van der Waals surface area contributed by atoms with Crippen molar-refractivity contribution in [2.24, 2.45) is 0 Å². The minimum atomic E-state index is -0.0319. The summed E-state index contributed by atoms with van der Waals surface area (Å²) in [4.78, 5) is 31.0. The van der Waals surface area contributed by atoms with Crippen LogP contribution in [0.1, 0.15) is 39.0 Å². The molecule has 2 heterocycles. The van der Waals surface area contributed by atoms with Crippen LogP contribution >= 0.6 is 0 Å². The largest absolute Gasteiger partial charge is 0.352 e. The second-order valence-corrected chi connectivity index (χ2v) is 7.22. The Balaban J connectivity index is 1.40. The highest BCUT2D eigenvalue weighted by atomic mass is 16.2. The monoisotopic (exact) mass is 322 g/mol. The molecule has 0 aromatic carbocycles. The summed E-state index contributed by atoms with van der Waals surface area (Å²) in [5.74, 6) is 0.433. The van der Waals surface area contributed by atoms with Crippen LogP contribution in [0.5, 0.6) is 0 Å². The maximum absolute atomic E-state index is 12.6. The SMILES string of the molecule is CC(C(=O)N1CCCCC1)N1CCN(CC(=O)NC2CC2)CC1. The molecule has 0 aromatic rings. The van der Waals surface area contributed by atoms with Gasteiger partial charge in [0.15, 0.2) is 0 Å². The van der Waals surface area contributed by atoms with E-state index in [4.69, 9.17) is 0 Å². The molecule has 3 fully saturated rings. The normalized spacial score (nSPS) is 25.2. The molecule has 1 atom stereocenters. The van der Waals surface area contributed by atoms with E-state index in [0.717, 1.165) is 65.0 Å². The van der Waals surface area contributed by atoms with E-state index in [-0.39, 0.29) is 17.9 Å². The van der Waals surface area contributed by atoms with Gasteiger partial charge in [0.25, 0.3) is 0 Å². The minimum Gasteiger partial charge on any atom is -0.352 e. The molecule has 1 N–H and O–H groups in total. The van der Waals surface area contributed by atoms with Gasteiger partial charge in [0.2, 0.25) is 11.8 Å². The summed E-state index contributed by atoms with van der Waals surface area (Å²) in [6, 6.07) is 0.404. The molecule has 2 saturated heterocycles. The molecule has 1 aliphatic carbocycles. The van der Waals surface area contributed by atoms with Crippen molar-refractivity contribution in [2.75, 3.05) is 45.8 Å². The predicted molar refractivity (Wildman–Crippen MR) is 89.1 cm³/mol. The van der Waals surface area contributed by atoms with Crippen LogP contribution in [0.25, 0.3) is 0 Å². The lowest BCUT2D eigenvalue weighted by Crippen LogP contribution is -2.56. The lowest BCUT2D eigenvalue weighted by Gasteiger charge is -2.39. The number of carbonyl (C=O) groups excluding carboxylic acids is 2. The van der Waals surface area contributed by atoms with Gasteiger partial charge in [-0.25, -0.2) is 0 Å². The fourth-order valence-electron chi connectivity index (χ4n) is 3.55. The summed E-state index contributed by atoms with van der Waals surface area (Å²) in [7, 11) is 0. The fourth-order valence-corrected chi connectivity index (χ4v) is 3.55. The van der Waals surface area contributed by atoms with Gasteiger partial charge in [0.05, 0.1) is 12.6 Å². The molecule has 1 unspecified atom stereocenters. The summed E-state index contributed by atoms with van der Waals surface area (Å²) >= 11 is 0. The first-order valence-corrected chi connectivity index (χ1v) is 9.18. The van der Waals surface area contributed by atoms with Crippen LogP contribution in [0, 0.1) is 0 Å². The Morgan fingerprint density at radius 1 is 1.00 bits per heavy atom. The number of hydrogen-bond donors (Lipinski definition) is 1. The standard InChI is InChI=1S/C17H30N4O2/c1-14(17(23)21-7-3-2-4-8-21)20-11-9-19(10-12-20)13-16(22)18-15-5-6-15/h14-15H,2-13H2,1H3,(H,18,22). The van der Waals surface area contributed by atoms with Crippen LogP contribution in [0.3, 0.4) is 0 Å². The molecule has 3 aliphatic rings. The molecule has 0 radical (unpaired) electrons. The van der Waals surface area contributed by atoms with Crippen molar-refractivity contribution in [3.63, 3.8) is 0 Å². The lowest BCUT2D eigenvalue weighted by molar-refractivity contribution is -0.138.